The van der Waals surface area contributed by atoms with Crippen LogP contribution in [0.4, 0.5) is 0 Å². The number of hydrogen-bond donors (Lipinski definition) is 0. The molecule has 2 aromatic heterocycles. The summed E-state index contributed by atoms with van der Waals surface area (Å²) in [4.78, 5) is 4.14. The van der Waals surface area contributed by atoms with E-state index in [0.717, 1.165) is 11.4 Å². The standard InChI is InChI=1S/C8H8N4/c1-7-2-3-9-8(6-7)12-5-4-10-11-12/h2-6H,1H3. The highest BCUT2D eigenvalue weighted by Crippen LogP contribution is 2.03. The first-order valence-corrected chi connectivity index (χ1v) is 3.65. The molecule has 0 fully saturated rings. The minimum absolute atomic E-state index is 0.799. The summed E-state index contributed by atoms with van der Waals surface area (Å²) in [5.41, 5.74) is 1.16. The Kier molecular flexibility index (Phi) is 1.59. The van der Waals surface area contributed by atoms with Gasteiger partial charge in [-0.15, -0.1) is 5.10 Å². The maximum atomic E-state index is 4.14. The fourth-order valence-electron chi connectivity index (χ4n) is 0.976. The van der Waals surface area contributed by atoms with Gasteiger partial charge in [0.25, 0.3) is 0 Å². The average Bonchev–Trinajstić information content (AvgIpc) is 2.56. The van der Waals surface area contributed by atoms with E-state index in [4.69, 9.17) is 0 Å². The van der Waals surface area contributed by atoms with Gasteiger partial charge in [-0.25, -0.2) is 9.67 Å². The third kappa shape index (κ3) is 1.18. The zero-order valence-corrected chi connectivity index (χ0v) is 6.68. The summed E-state index contributed by atoms with van der Waals surface area (Å²) in [6, 6.07) is 3.90. The van der Waals surface area contributed by atoms with Crippen LogP contribution in [0.1, 0.15) is 5.56 Å². The highest BCUT2D eigenvalue weighted by molar-refractivity contribution is 5.25. The molecule has 0 amide bonds. The minimum atomic E-state index is 0.799. The highest BCUT2D eigenvalue weighted by Gasteiger charge is 1.96. The van der Waals surface area contributed by atoms with Crippen molar-refractivity contribution < 1.29 is 0 Å². The molecule has 0 aliphatic heterocycles. The van der Waals surface area contributed by atoms with Gasteiger partial charge in [0.15, 0.2) is 5.82 Å². The van der Waals surface area contributed by atoms with Crippen LogP contribution >= 0.6 is 0 Å². The molecule has 0 saturated carbocycles. The Balaban J connectivity index is 2.48. The summed E-state index contributed by atoms with van der Waals surface area (Å²) < 4.78 is 1.63. The molecule has 0 unspecified atom stereocenters. The first-order chi connectivity index (χ1) is 5.86. The van der Waals surface area contributed by atoms with Gasteiger partial charge in [-0.2, -0.15) is 0 Å². The lowest BCUT2D eigenvalue weighted by Gasteiger charge is -1.98. The van der Waals surface area contributed by atoms with Crippen LogP contribution in [0.25, 0.3) is 5.82 Å². The second-order valence-corrected chi connectivity index (χ2v) is 2.54. The van der Waals surface area contributed by atoms with E-state index in [9.17, 15) is 0 Å². The molecule has 0 bridgehead atoms. The topological polar surface area (TPSA) is 43.6 Å². The Morgan fingerprint density at radius 1 is 1.33 bits per heavy atom. The summed E-state index contributed by atoms with van der Waals surface area (Å²) in [5, 5.41) is 7.53. The van der Waals surface area contributed by atoms with Crippen molar-refractivity contribution >= 4 is 0 Å². The van der Waals surface area contributed by atoms with Crippen molar-refractivity contribution in [2.75, 3.05) is 0 Å². The zero-order chi connectivity index (χ0) is 8.39. The lowest BCUT2D eigenvalue weighted by Crippen LogP contribution is -1.97. The molecular weight excluding hydrogens is 152 g/mol. The first-order valence-electron chi connectivity index (χ1n) is 3.65. The fraction of sp³-hybridized carbons (Fsp3) is 0.125. The summed E-state index contributed by atoms with van der Waals surface area (Å²) in [7, 11) is 0. The minimum Gasteiger partial charge on any atom is -0.237 e. The third-order valence-corrected chi connectivity index (χ3v) is 1.56. The van der Waals surface area contributed by atoms with Gasteiger partial charge in [0.1, 0.15) is 0 Å². The molecule has 60 valence electrons. The van der Waals surface area contributed by atoms with Gasteiger partial charge in [-0.3, -0.25) is 0 Å². The zero-order valence-electron chi connectivity index (χ0n) is 6.68. The SMILES string of the molecule is Cc1ccnc(-n2ccnn2)c1. The molecule has 2 rings (SSSR count). The molecule has 12 heavy (non-hydrogen) atoms. The second kappa shape index (κ2) is 2.73. The predicted octanol–water partition coefficient (Wildman–Crippen LogP) is 0.971. The summed E-state index contributed by atoms with van der Waals surface area (Å²) in [6.07, 6.45) is 5.15. The average molecular weight is 160 g/mol. The van der Waals surface area contributed by atoms with Crippen LogP contribution in [0.5, 0.6) is 0 Å². The molecule has 2 aromatic rings. The van der Waals surface area contributed by atoms with Crippen LogP contribution in [0, 0.1) is 6.92 Å². The number of hydrogen-bond acceptors (Lipinski definition) is 3. The first kappa shape index (κ1) is 6.97. The maximum absolute atomic E-state index is 4.14. The van der Waals surface area contributed by atoms with E-state index in [2.05, 4.69) is 15.3 Å². The van der Waals surface area contributed by atoms with Crippen molar-refractivity contribution in [3.63, 3.8) is 0 Å². The van der Waals surface area contributed by atoms with E-state index in [1.807, 2.05) is 19.1 Å². The Morgan fingerprint density at radius 2 is 2.25 bits per heavy atom. The van der Waals surface area contributed by atoms with Crippen molar-refractivity contribution in [1.82, 2.24) is 20.0 Å². The van der Waals surface area contributed by atoms with Crippen molar-refractivity contribution in [3.8, 4) is 5.82 Å². The van der Waals surface area contributed by atoms with Gasteiger partial charge in [0, 0.05) is 6.20 Å². The smallest absolute Gasteiger partial charge is 0.155 e. The second-order valence-electron chi connectivity index (χ2n) is 2.54. The molecule has 0 aliphatic rings. The molecular formula is C8H8N4. The summed E-state index contributed by atoms with van der Waals surface area (Å²) in [6.45, 7) is 2.02. The van der Waals surface area contributed by atoms with Crippen molar-refractivity contribution in [2.24, 2.45) is 0 Å². The molecule has 0 aromatic carbocycles. The van der Waals surface area contributed by atoms with Crippen LogP contribution in [-0.4, -0.2) is 20.0 Å². The number of rotatable bonds is 1. The highest BCUT2D eigenvalue weighted by atomic mass is 15.4. The van der Waals surface area contributed by atoms with E-state index in [-0.39, 0.29) is 0 Å². The maximum Gasteiger partial charge on any atom is 0.155 e. The Labute approximate surface area is 69.9 Å². The lowest BCUT2D eigenvalue weighted by atomic mass is 10.3. The number of pyridine rings is 1. The lowest BCUT2D eigenvalue weighted by molar-refractivity contribution is 0.780. The molecule has 0 atom stereocenters. The quantitative estimate of drug-likeness (QED) is 0.624. The molecule has 0 aliphatic carbocycles. The normalized spacial score (nSPS) is 10.1. The monoisotopic (exact) mass is 160 g/mol. The van der Waals surface area contributed by atoms with Crippen molar-refractivity contribution in [3.05, 3.63) is 36.3 Å². The van der Waals surface area contributed by atoms with E-state index in [1.165, 1.54) is 0 Å². The predicted molar refractivity (Wildman–Crippen MR) is 43.9 cm³/mol. The molecule has 0 radical (unpaired) electrons. The van der Waals surface area contributed by atoms with Gasteiger partial charge >= 0.3 is 0 Å². The molecule has 4 nitrogen and oxygen atoms in total. The van der Waals surface area contributed by atoms with Crippen LogP contribution < -0.4 is 0 Å². The van der Waals surface area contributed by atoms with Crippen molar-refractivity contribution in [2.45, 2.75) is 6.92 Å². The molecule has 0 N–H and O–H groups in total. The summed E-state index contributed by atoms with van der Waals surface area (Å²) >= 11 is 0. The van der Waals surface area contributed by atoms with Crippen LogP contribution in [0.3, 0.4) is 0 Å². The van der Waals surface area contributed by atoms with Crippen LogP contribution in [0.15, 0.2) is 30.7 Å². The van der Waals surface area contributed by atoms with Gasteiger partial charge < -0.3 is 0 Å². The molecule has 4 heteroatoms. The van der Waals surface area contributed by atoms with Gasteiger partial charge in [0.05, 0.1) is 12.4 Å². The van der Waals surface area contributed by atoms with E-state index < -0.39 is 0 Å². The Hall–Kier alpha value is -1.71. The fourth-order valence-corrected chi connectivity index (χ4v) is 0.976. The van der Waals surface area contributed by atoms with E-state index in [1.54, 1.807) is 23.3 Å². The molecule has 0 spiro atoms. The van der Waals surface area contributed by atoms with Gasteiger partial charge in [-0.1, -0.05) is 5.21 Å². The third-order valence-electron chi connectivity index (χ3n) is 1.56. The number of aromatic nitrogens is 4. The van der Waals surface area contributed by atoms with Crippen LogP contribution in [-0.2, 0) is 0 Å². The summed E-state index contributed by atoms with van der Waals surface area (Å²) in [5.74, 6) is 0.799. The number of nitrogens with zero attached hydrogens (tertiary/aromatic N) is 4. The van der Waals surface area contributed by atoms with E-state index in [0.29, 0.717) is 0 Å². The van der Waals surface area contributed by atoms with Crippen LogP contribution in [0.2, 0.25) is 0 Å². The molecule has 0 saturated heterocycles. The largest absolute Gasteiger partial charge is 0.237 e. The van der Waals surface area contributed by atoms with Gasteiger partial charge in [-0.05, 0) is 24.6 Å². The van der Waals surface area contributed by atoms with Crippen molar-refractivity contribution in [1.29, 1.82) is 0 Å². The molecule has 2 heterocycles. The Bertz CT molecular complexity index is 366. The van der Waals surface area contributed by atoms with E-state index >= 15 is 0 Å². The number of aryl methyl sites for hydroxylation is 1. The van der Waals surface area contributed by atoms with Gasteiger partial charge in [0.2, 0.25) is 0 Å². The Morgan fingerprint density at radius 3 is 2.92 bits per heavy atom.